The lowest BCUT2D eigenvalue weighted by molar-refractivity contribution is -0.120. The summed E-state index contributed by atoms with van der Waals surface area (Å²) in [7, 11) is 0. The van der Waals surface area contributed by atoms with Gasteiger partial charge >= 0.3 is 0 Å². The van der Waals surface area contributed by atoms with Crippen LogP contribution in [0.25, 0.3) is 0 Å². The number of para-hydroxylation sites is 1. The van der Waals surface area contributed by atoms with Crippen LogP contribution in [0.5, 0.6) is 5.75 Å². The largest absolute Gasteiger partial charge is 0.484 e. The predicted octanol–water partition coefficient (Wildman–Crippen LogP) is 5.57. The molecule has 2 heterocycles. The number of hydrogen-bond donors (Lipinski definition) is 0. The van der Waals surface area contributed by atoms with Gasteiger partial charge in [0.25, 0.3) is 5.91 Å². The minimum atomic E-state index is 0.0305. The number of rotatable bonds is 5. The summed E-state index contributed by atoms with van der Waals surface area (Å²) in [6.45, 7) is 10.4. The van der Waals surface area contributed by atoms with Crippen LogP contribution in [0.4, 0.5) is 5.69 Å². The van der Waals surface area contributed by atoms with E-state index in [1.165, 1.54) is 27.8 Å². The summed E-state index contributed by atoms with van der Waals surface area (Å²) in [4.78, 5) is 17.8. The molecule has 3 aromatic rings. The standard InChI is InChI=1S/C30H34N2O2/c1-22-9-10-28-27(18-22)30(21-32(28)29(33)20-34-26-7-5-4-6-8-26)11-13-31(14-12-30)19-25-16-23(2)15-24(3)17-25/h4-10,15-18H,11-14,19-21H2,1-3H3. The Kier molecular flexibility index (Phi) is 6.18. The summed E-state index contributed by atoms with van der Waals surface area (Å²) in [5, 5.41) is 0. The van der Waals surface area contributed by atoms with Crippen molar-refractivity contribution in [1.29, 1.82) is 0 Å². The van der Waals surface area contributed by atoms with Gasteiger partial charge in [0.1, 0.15) is 5.75 Å². The number of nitrogens with zero attached hydrogens (tertiary/aromatic N) is 2. The van der Waals surface area contributed by atoms with Crippen LogP contribution in [0.1, 0.15) is 40.7 Å². The fourth-order valence-corrected chi connectivity index (χ4v) is 5.73. The highest BCUT2D eigenvalue weighted by Gasteiger charge is 2.46. The maximum Gasteiger partial charge on any atom is 0.264 e. The molecule has 1 saturated heterocycles. The van der Waals surface area contributed by atoms with Crippen molar-refractivity contribution >= 4 is 11.6 Å². The van der Waals surface area contributed by atoms with Gasteiger partial charge < -0.3 is 9.64 Å². The molecule has 4 heteroatoms. The van der Waals surface area contributed by atoms with Gasteiger partial charge in [-0.05, 0) is 76.0 Å². The number of carbonyl (C=O) groups excluding carboxylic acids is 1. The Bertz CT molecular complexity index is 1160. The Morgan fingerprint density at radius 2 is 1.59 bits per heavy atom. The quantitative estimate of drug-likeness (QED) is 0.505. The van der Waals surface area contributed by atoms with Crippen molar-refractivity contribution in [3.05, 3.63) is 94.5 Å². The molecule has 5 rings (SSSR count). The third-order valence-corrected chi connectivity index (χ3v) is 7.38. The number of carbonyl (C=O) groups is 1. The van der Waals surface area contributed by atoms with E-state index in [0.29, 0.717) is 0 Å². The number of piperidine rings is 1. The molecule has 2 aliphatic rings. The monoisotopic (exact) mass is 454 g/mol. The van der Waals surface area contributed by atoms with E-state index in [0.717, 1.165) is 50.5 Å². The van der Waals surface area contributed by atoms with E-state index in [-0.39, 0.29) is 17.9 Å². The van der Waals surface area contributed by atoms with Gasteiger partial charge in [-0.2, -0.15) is 0 Å². The molecule has 176 valence electrons. The molecule has 4 nitrogen and oxygen atoms in total. The molecule has 0 aromatic heterocycles. The minimum absolute atomic E-state index is 0.0305. The number of aryl methyl sites for hydroxylation is 3. The third-order valence-electron chi connectivity index (χ3n) is 7.38. The van der Waals surface area contributed by atoms with E-state index in [1.807, 2.05) is 35.2 Å². The number of fused-ring (bicyclic) bond motifs is 2. The molecule has 3 aromatic carbocycles. The van der Waals surface area contributed by atoms with Gasteiger partial charge in [0.2, 0.25) is 0 Å². The van der Waals surface area contributed by atoms with E-state index in [2.05, 4.69) is 62.1 Å². The molecule has 0 atom stereocenters. The normalized spacial score (nSPS) is 17.1. The van der Waals surface area contributed by atoms with Crippen LogP contribution in [0.3, 0.4) is 0 Å². The zero-order valence-corrected chi connectivity index (χ0v) is 20.5. The van der Waals surface area contributed by atoms with E-state index < -0.39 is 0 Å². The second-order valence-electron chi connectivity index (χ2n) is 10.2. The first-order chi connectivity index (χ1) is 16.4. The van der Waals surface area contributed by atoms with E-state index in [1.54, 1.807) is 0 Å². The molecule has 0 N–H and O–H groups in total. The smallest absolute Gasteiger partial charge is 0.264 e. The zero-order valence-electron chi connectivity index (χ0n) is 20.5. The van der Waals surface area contributed by atoms with Crippen LogP contribution in [-0.4, -0.2) is 37.0 Å². The Morgan fingerprint density at radius 3 is 2.29 bits per heavy atom. The first-order valence-corrected chi connectivity index (χ1v) is 12.3. The number of likely N-dealkylation sites (tertiary alicyclic amines) is 1. The second-order valence-corrected chi connectivity index (χ2v) is 10.2. The Hall–Kier alpha value is -3.11. The van der Waals surface area contributed by atoms with Crippen LogP contribution in [0.2, 0.25) is 0 Å². The molecule has 1 fully saturated rings. The number of amides is 1. The van der Waals surface area contributed by atoms with Crippen molar-refractivity contribution in [3.8, 4) is 5.75 Å². The van der Waals surface area contributed by atoms with Gasteiger partial charge in [0, 0.05) is 24.2 Å². The highest BCUT2D eigenvalue weighted by atomic mass is 16.5. The average Bonchev–Trinajstić information content (AvgIpc) is 3.12. The van der Waals surface area contributed by atoms with Crippen molar-refractivity contribution < 1.29 is 9.53 Å². The molecule has 0 bridgehead atoms. The SMILES string of the molecule is Cc1cc(C)cc(CN2CCC3(CC2)CN(C(=O)COc2ccccc2)c2ccc(C)cc23)c1. The van der Waals surface area contributed by atoms with Gasteiger partial charge in [-0.3, -0.25) is 9.69 Å². The number of benzene rings is 3. The van der Waals surface area contributed by atoms with E-state index >= 15 is 0 Å². The highest BCUT2D eigenvalue weighted by Crippen LogP contribution is 2.47. The summed E-state index contributed by atoms with van der Waals surface area (Å²) >= 11 is 0. The molecule has 0 aliphatic carbocycles. The summed E-state index contributed by atoms with van der Waals surface area (Å²) in [6, 6.07) is 23.0. The summed E-state index contributed by atoms with van der Waals surface area (Å²) < 4.78 is 5.80. The predicted molar refractivity (Wildman–Crippen MR) is 138 cm³/mol. The fraction of sp³-hybridized carbons (Fsp3) is 0.367. The fourth-order valence-electron chi connectivity index (χ4n) is 5.73. The molecule has 1 amide bonds. The first kappa shape index (κ1) is 22.7. The summed E-state index contributed by atoms with van der Waals surface area (Å²) in [6.07, 6.45) is 2.13. The second kappa shape index (κ2) is 9.27. The third kappa shape index (κ3) is 4.60. The Balaban J connectivity index is 1.30. The van der Waals surface area contributed by atoms with Crippen molar-refractivity contribution in [2.75, 3.05) is 31.1 Å². The maximum absolute atomic E-state index is 13.3. The van der Waals surface area contributed by atoms with Crippen LogP contribution in [0, 0.1) is 20.8 Å². The Labute approximate surface area is 203 Å². The molecule has 0 radical (unpaired) electrons. The molecular weight excluding hydrogens is 420 g/mol. The molecule has 1 spiro atoms. The van der Waals surface area contributed by atoms with Crippen molar-refractivity contribution in [1.82, 2.24) is 4.90 Å². The molecular formula is C30H34N2O2. The van der Waals surface area contributed by atoms with Gasteiger partial charge in [-0.1, -0.05) is 65.2 Å². The van der Waals surface area contributed by atoms with E-state index in [9.17, 15) is 4.79 Å². The molecule has 0 unspecified atom stereocenters. The average molecular weight is 455 g/mol. The zero-order chi connectivity index (χ0) is 23.7. The summed E-state index contributed by atoms with van der Waals surface area (Å²) in [5.41, 5.74) is 7.74. The molecule has 34 heavy (non-hydrogen) atoms. The number of ether oxygens (including phenoxy) is 1. The summed E-state index contributed by atoms with van der Waals surface area (Å²) in [5.74, 6) is 0.761. The minimum Gasteiger partial charge on any atom is -0.484 e. The lowest BCUT2D eigenvalue weighted by Gasteiger charge is -2.40. The van der Waals surface area contributed by atoms with Crippen molar-refractivity contribution in [3.63, 3.8) is 0 Å². The van der Waals surface area contributed by atoms with Gasteiger partial charge in [-0.15, -0.1) is 0 Å². The number of hydrogen-bond acceptors (Lipinski definition) is 3. The van der Waals surface area contributed by atoms with Crippen LogP contribution < -0.4 is 9.64 Å². The van der Waals surface area contributed by atoms with Gasteiger partial charge in [0.15, 0.2) is 6.61 Å². The highest BCUT2D eigenvalue weighted by molar-refractivity contribution is 5.97. The van der Waals surface area contributed by atoms with Crippen LogP contribution >= 0.6 is 0 Å². The van der Waals surface area contributed by atoms with Gasteiger partial charge in [0.05, 0.1) is 0 Å². The first-order valence-electron chi connectivity index (χ1n) is 12.3. The van der Waals surface area contributed by atoms with Crippen LogP contribution in [-0.2, 0) is 16.8 Å². The van der Waals surface area contributed by atoms with E-state index in [4.69, 9.17) is 4.74 Å². The van der Waals surface area contributed by atoms with Gasteiger partial charge in [-0.25, -0.2) is 0 Å². The number of anilines is 1. The maximum atomic E-state index is 13.3. The van der Waals surface area contributed by atoms with Crippen molar-refractivity contribution in [2.24, 2.45) is 0 Å². The lowest BCUT2D eigenvalue weighted by atomic mass is 9.74. The molecule has 2 aliphatic heterocycles. The van der Waals surface area contributed by atoms with Crippen molar-refractivity contribution in [2.45, 2.75) is 45.6 Å². The lowest BCUT2D eigenvalue weighted by Crippen LogP contribution is -2.46. The molecule has 0 saturated carbocycles. The van der Waals surface area contributed by atoms with Crippen LogP contribution in [0.15, 0.2) is 66.7 Å². The topological polar surface area (TPSA) is 32.8 Å². The Morgan fingerprint density at radius 1 is 0.882 bits per heavy atom.